The van der Waals surface area contributed by atoms with Crippen LogP contribution in [0.4, 0.5) is 0 Å². The van der Waals surface area contributed by atoms with Crippen LogP contribution in [0.5, 0.6) is 0 Å². The highest BCUT2D eigenvalue weighted by Gasteiger charge is 2.70. The monoisotopic (exact) mass is 516 g/mol. The summed E-state index contributed by atoms with van der Waals surface area (Å²) in [4.78, 5) is 38.2. The maximum absolute atomic E-state index is 14.1. The minimum absolute atomic E-state index is 0.0254. The molecule has 9 atom stereocenters. The number of carbonyl (C=O) groups excluding carboxylic acids is 2. The highest BCUT2D eigenvalue weighted by molar-refractivity contribution is 6.04. The maximum Gasteiger partial charge on any atom is 0.330 e. The molecular formula is C30H44O7. The Bertz CT molecular complexity index is 1070. The Morgan fingerprint density at radius 3 is 2.38 bits per heavy atom. The molecule has 0 bridgehead atoms. The fourth-order valence-electron chi connectivity index (χ4n) is 9.11. The lowest BCUT2D eigenvalue weighted by molar-refractivity contribution is -0.159. The predicted molar refractivity (Wildman–Crippen MR) is 138 cm³/mol. The van der Waals surface area contributed by atoms with Crippen LogP contribution in [0.1, 0.15) is 86.5 Å². The van der Waals surface area contributed by atoms with Crippen LogP contribution >= 0.6 is 0 Å². The summed E-state index contributed by atoms with van der Waals surface area (Å²) < 4.78 is 0. The molecule has 206 valence electrons. The van der Waals surface area contributed by atoms with Gasteiger partial charge in [-0.15, -0.1) is 0 Å². The van der Waals surface area contributed by atoms with E-state index < -0.39 is 39.8 Å². The van der Waals surface area contributed by atoms with E-state index in [2.05, 4.69) is 13.8 Å². The van der Waals surface area contributed by atoms with Crippen molar-refractivity contribution in [1.82, 2.24) is 0 Å². The third-order valence-electron chi connectivity index (χ3n) is 11.7. The Hall–Kier alpha value is -1.83. The molecule has 0 aliphatic heterocycles. The van der Waals surface area contributed by atoms with E-state index in [0.29, 0.717) is 30.4 Å². The van der Waals surface area contributed by atoms with Gasteiger partial charge in [0, 0.05) is 33.8 Å². The third-order valence-corrected chi connectivity index (χ3v) is 11.7. The Labute approximate surface area is 220 Å². The topological polar surface area (TPSA) is 132 Å². The van der Waals surface area contributed by atoms with Crippen molar-refractivity contribution in [1.29, 1.82) is 0 Å². The van der Waals surface area contributed by atoms with Crippen molar-refractivity contribution in [2.75, 3.05) is 6.61 Å². The Kier molecular flexibility index (Phi) is 6.95. The summed E-state index contributed by atoms with van der Waals surface area (Å²) in [6, 6.07) is 0. The van der Waals surface area contributed by atoms with E-state index in [1.807, 2.05) is 13.8 Å². The molecule has 0 aromatic carbocycles. The molecule has 2 saturated carbocycles. The van der Waals surface area contributed by atoms with Crippen LogP contribution in [0.2, 0.25) is 0 Å². The average Bonchev–Trinajstić information content (AvgIpc) is 3.13. The maximum atomic E-state index is 14.1. The highest BCUT2D eigenvalue weighted by atomic mass is 16.4. The molecule has 4 rings (SSSR count). The van der Waals surface area contributed by atoms with Crippen molar-refractivity contribution in [2.24, 2.45) is 39.4 Å². The Morgan fingerprint density at radius 1 is 1.14 bits per heavy atom. The third kappa shape index (κ3) is 3.67. The average molecular weight is 517 g/mol. The van der Waals surface area contributed by atoms with Crippen molar-refractivity contribution in [3.63, 3.8) is 0 Å². The van der Waals surface area contributed by atoms with Gasteiger partial charge in [0.15, 0.2) is 5.78 Å². The molecule has 0 heterocycles. The van der Waals surface area contributed by atoms with Crippen LogP contribution in [0.3, 0.4) is 0 Å². The fourth-order valence-corrected chi connectivity index (χ4v) is 9.11. The minimum Gasteiger partial charge on any atom is -0.478 e. The fraction of sp³-hybridized carbons (Fsp3) is 0.767. The molecule has 0 spiro atoms. The SMILES string of the molecule is CC(=CCCC(C)C1CCC2(C)C3=C(C(=O)C(O)C12C)C1(C)CCC(=O)C(C)(CO)C1CC3O)C(=O)O. The number of Topliss-reactive ketones (excluding diaryl/α,β-unsaturated/α-hetero) is 2. The number of ketones is 2. The number of hydrogen-bond donors (Lipinski definition) is 4. The van der Waals surface area contributed by atoms with Crippen LogP contribution in [0, 0.1) is 39.4 Å². The summed E-state index contributed by atoms with van der Waals surface area (Å²) in [6.07, 6.45) is 3.51. The van der Waals surface area contributed by atoms with Crippen molar-refractivity contribution >= 4 is 17.5 Å². The van der Waals surface area contributed by atoms with Crippen LogP contribution in [-0.2, 0) is 14.4 Å². The molecule has 0 aromatic rings. The predicted octanol–water partition coefficient (Wildman–Crippen LogP) is 3.85. The Balaban J connectivity index is 1.77. The second-order valence-corrected chi connectivity index (χ2v) is 13.3. The molecule has 4 N–H and O–H groups in total. The summed E-state index contributed by atoms with van der Waals surface area (Å²) in [6.45, 7) is 11.2. The number of fused-ring (bicyclic) bond motifs is 4. The second kappa shape index (κ2) is 9.13. The largest absolute Gasteiger partial charge is 0.478 e. The molecule has 2 fully saturated rings. The van der Waals surface area contributed by atoms with E-state index in [-0.39, 0.29) is 42.3 Å². The minimum atomic E-state index is -1.23. The quantitative estimate of drug-likeness (QED) is 0.394. The number of hydrogen-bond acceptors (Lipinski definition) is 6. The van der Waals surface area contributed by atoms with Crippen LogP contribution in [0.15, 0.2) is 22.8 Å². The second-order valence-electron chi connectivity index (χ2n) is 13.3. The normalized spacial score (nSPS) is 44.8. The molecule has 9 unspecified atom stereocenters. The smallest absolute Gasteiger partial charge is 0.330 e. The molecule has 0 radical (unpaired) electrons. The number of aliphatic hydroxyl groups excluding tert-OH is 3. The van der Waals surface area contributed by atoms with Gasteiger partial charge in [0.05, 0.1) is 18.1 Å². The molecule has 7 heteroatoms. The van der Waals surface area contributed by atoms with Crippen LogP contribution < -0.4 is 0 Å². The molecule has 4 aliphatic rings. The number of aliphatic carboxylic acids is 1. The zero-order chi connectivity index (χ0) is 27.7. The Morgan fingerprint density at radius 2 is 1.78 bits per heavy atom. The van der Waals surface area contributed by atoms with Gasteiger partial charge in [-0.1, -0.05) is 40.7 Å². The van der Waals surface area contributed by atoms with Crippen molar-refractivity contribution < 1.29 is 34.8 Å². The zero-order valence-electron chi connectivity index (χ0n) is 23.1. The lowest BCUT2D eigenvalue weighted by atomic mass is 9.42. The molecule has 7 nitrogen and oxygen atoms in total. The van der Waals surface area contributed by atoms with Crippen molar-refractivity contribution in [3.05, 3.63) is 22.8 Å². The standard InChI is InChI=1S/C30H44O7/c1-16(8-7-9-17(2)26(36)37)18-10-13-29(5)22-19(32)14-20-27(3,12-11-21(33)28(20,4)15-31)23(22)24(34)25(35)30(18,29)6/h9,16,18-20,25,31-32,35H,7-8,10-15H2,1-6H3,(H,36,37). The molecule has 0 aromatic heterocycles. The van der Waals surface area contributed by atoms with Crippen LogP contribution in [0.25, 0.3) is 0 Å². The van der Waals surface area contributed by atoms with Gasteiger partial charge in [-0.25, -0.2) is 4.79 Å². The van der Waals surface area contributed by atoms with Gasteiger partial charge in [-0.2, -0.15) is 0 Å². The molecule has 4 aliphatic carbocycles. The molecular weight excluding hydrogens is 472 g/mol. The first-order valence-corrected chi connectivity index (χ1v) is 13.8. The van der Waals surface area contributed by atoms with Gasteiger partial charge >= 0.3 is 5.97 Å². The summed E-state index contributed by atoms with van der Waals surface area (Å²) in [5.74, 6) is -1.52. The number of aliphatic hydroxyl groups is 3. The number of carbonyl (C=O) groups is 3. The summed E-state index contributed by atoms with van der Waals surface area (Å²) >= 11 is 0. The number of allylic oxidation sites excluding steroid dienone is 1. The lowest BCUT2D eigenvalue weighted by Gasteiger charge is -2.62. The first kappa shape index (κ1) is 28.2. The van der Waals surface area contributed by atoms with Crippen molar-refractivity contribution in [3.8, 4) is 0 Å². The number of carboxylic acid groups (broad SMARTS) is 1. The van der Waals surface area contributed by atoms with Gasteiger partial charge in [0.25, 0.3) is 0 Å². The van der Waals surface area contributed by atoms with Crippen molar-refractivity contribution in [2.45, 2.75) is 98.7 Å². The van der Waals surface area contributed by atoms with E-state index in [0.717, 1.165) is 24.8 Å². The van der Waals surface area contributed by atoms with E-state index in [9.17, 15) is 29.7 Å². The zero-order valence-corrected chi connectivity index (χ0v) is 23.1. The molecule has 0 amide bonds. The van der Waals surface area contributed by atoms with Gasteiger partial charge in [0.2, 0.25) is 0 Å². The molecule has 0 saturated heterocycles. The van der Waals surface area contributed by atoms with Gasteiger partial charge in [0.1, 0.15) is 11.9 Å². The van der Waals surface area contributed by atoms with Gasteiger partial charge in [-0.05, 0) is 68.8 Å². The summed E-state index contributed by atoms with van der Waals surface area (Å²) in [5.41, 5.74) is -1.54. The number of rotatable bonds is 6. The van der Waals surface area contributed by atoms with E-state index in [1.54, 1.807) is 19.9 Å². The highest BCUT2D eigenvalue weighted by Crippen LogP contribution is 2.71. The van der Waals surface area contributed by atoms with E-state index >= 15 is 0 Å². The van der Waals surface area contributed by atoms with Crippen LogP contribution in [-0.4, -0.2) is 56.8 Å². The molecule has 37 heavy (non-hydrogen) atoms. The summed E-state index contributed by atoms with van der Waals surface area (Å²) in [7, 11) is 0. The van der Waals surface area contributed by atoms with E-state index in [1.165, 1.54) is 0 Å². The van der Waals surface area contributed by atoms with Gasteiger partial charge < -0.3 is 20.4 Å². The van der Waals surface area contributed by atoms with E-state index in [4.69, 9.17) is 5.11 Å². The number of carboxylic acids is 1. The van der Waals surface area contributed by atoms with Gasteiger partial charge in [-0.3, -0.25) is 9.59 Å². The first-order chi connectivity index (χ1) is 17.1. The summed E-state index contributed by atoms with van der Waals surface area (Å²) in [5, 5.41) is 42.8. The first-order valence-electron chi connectivity index (χ1n) is 13.8. The lowest BCUT2D eigenvalue weighted by Crippen LogP contribution is -2.64.